The lowest BCUT2D eigenvalue weighted by Crippen LogP contribution is -2.36. The Balaban J connectivity index is 1.34. The summed E-state index contributed by atoms with van der Waals surface area (Å²) in [5, 5.41) is 2.93. The molecule has 1 saturated heterocycles. The number of nitrogens with zero attached hydrogens (tertiary/aromatic N) is 2. The van der Waals surface area contributed by atoms with Crippen LogP contribution < -0.4 is 10.9 Å². The molecule has 148 valence electrons. The Kier molecular flexibility index (Phi) is 5.57. The number of likely N-dealkylation sites (tertiary alicyclic amines) is 1. The summed E-state index contributed by atoms with van der Waals surface area (Å²) in [5.74, 6) is 0.594. The number of rotatable bonds is 5. The highest BCUT2D eigenvalue weighted by atomic mass is 16.2. The van der Waals surface area contributed by atoms with Crippen molar-refractivity contribution in [2.75, 3.05) is 19.6 Å². The van der Waals surface area contributed by atoms with E-state index in [1.807, 2.05) is 31.2 Å². The van der Waals surface area contributed by atoms with Gasteiger partial charge in [-0.25, -0.2) is 4.98 Å². The number of carbonyl (C=O) groups excluding carboxylic acids is 1. The molecule has 1 atom stereocenters. The van der Waals surface area contributed by atoms with E-state index < -0.39 is 5.56 Å². The Morgan fingerprint density at radius 2 is 1.96 bits per heavy atom. The van der Waals surface area contributed by atoms with E-state index in [1.54, 1.807) is 0 Å². The first kappa shape index (κ1) is 18.9. The lowest BCUT2D eigenvalue weighted by Gasteiger charge is -2.23. The van der Waals surface area contributed by atoms with Crippen molar-refractivity contribution in [1.82, 2.24) is 20.2 Å². The number of hydrogen-bond donors (Lipinski definition) is 2. The van der Waals surface area contributed by atoms with Crippen LogP contribution in [0.15, 0.2) is 35.3 Å². The van der Waals surface area contributed by atoms with Gasteiger partial charge < -0.3 is 15.2 Å². The molecule has 2 aliphatic rings. The molecule has 0 unspecified atom stereocenters. The standard InChI is InChI=1S/C22H28N4O2/c1-15-6-8-17(9-7-15)20-23-13-19(22(28)25-20)21(27)24-12-16-10-11-26(14-16)18-4-2-3-5-18/h6-9,13,16,18H,2-5,10-12,14H2,1H3,(H,24,27)(H,23,25,28)/t16-/m1/s1. The summed E-state index contributed by atoms with van der Waals surface area (Å²) < 4.78 is 0. The second-order valence-corrected chi connectivity index (χ2v) is 8.14. The Labute approximate surface area is 165 Å². The molecule has 4 rings (SSSR count). The first-order valence-corrected chi connectivity index (χ1v) is 10.3. The third-order valence-electron chi connectivity index (χ3n) is 6.08. The number of amides is 1. The van der Waals surface area contributed by atoms with Crippen LogP contribution in [-0.4, -0.2) is 46.5 Å². The first-order chi connectivity index (χ1) is 13.6. The molecule has 1 aromatic heterocycles. The largest absolute Gasteiger partial charge is 0.351 e. The van der Waals surface area contributed by atoms with Crippen LogP contribution in [-0.2, 0) is 0 Å². The Morgan fingerprint density at radius 3 is 2.68 bits per heavy atom. The highest BCUT2D eigenvalue weighted by molar-refractivity contribution is 5.93. The van der Waals surface area contributed by atoms with Gasteiger partial charge in [0.05, 0.1) is 0 Å². The second-order valence-electron chi connectivity index (χ2n) is 8.14. The highest BCUT2D eigenvalue weighted by Crippen LogP contribution is 2.28. The van der Waals surface area contributed by atoms with E-state index in [-0.39, 0.29) is 11.5 Å². The topological polar surface area (TPSA) is 78.1 Å². The predicted molar refractivity (Wildman–Crippen MR) is 109 cm³/mol. The fraction of sp³-hybridized carbons (Fsp3) is 0.500. The molecule has 2 fully saturated rings. The maximum Gasteiger partial charge on any atom is 0.264 e. The van der Waals surface area contributed by atoms with Gasteiger partial charge >= 0.3 is 0 Å². The molecule has 0 bridgehead atoms. The summed E-state index contributed by atoms with van der Waals surface area (Å²) in [6, 6.07) is 8.48. The summed E-state index contributed by atoms with van der Waals surface area (Å²) in [6.45, 7) is 4.79. The van der Waals surface area contributed by atoms with Crippen LogP contribution >= 0.6 is 0 Å². The molecule has 2 aromatic rings. The van der Waals surface area contributed by atoms with Crippen LogP contribution in [0.1, 0.15) is 48.0 Å². The maximum atomic E-state index is 12.5. The van der Waals surface area contributed by atoms with E-state index in [1.165, 1.54) is 31.9 Å². The van der Waals surface area contributed by atoms with E-state index in [2.05, 4.69) is 20.2 Å². The highest BCUT2D eigenvalue weighted by Gasteiger charge is 2.30. The lowest BCUT2D eigenvalue weighted by atomic mass is 10.1. The minimum absolute atomic E-state index is 0.0708. The molecule has 6 nitrogen and oxygen atoms in total. The molecule has 1 aliphatic heterocycles. The molecule has 0 spiro atoms. The molecule has 1 aromatic carbocycles. The monoisotopic (exact) mass is 380 g/mol. The van der Waals surface area contributed by atoms with Crippen LogP contribution in [0.5, 0.6) is 0 Å². The minimum Gasteiger partial charge on any atom is -0.351 e. The number of carbonyl (C=O) groups is 1. The molecule has 1 amide bonds. The number of aromatic nitrogens is 2. The van der Waals surface area contributed by atoms with Gasteiger partial charge in [0, 0.05) is 30.9 Å². The fourth-order valence-corrected chi connectivity index (χ4v) is 4.38. The van der Waals surface area contributed by atoms with Gasteiger partial charge in [-0.1, -0.05) is 42.7 Å². The van der Waals surface area contributed by atoms with Gasteiger partial charge in [0.15, 0.2) is 0 Å². The molecule has 2 N–H and O–H groups in total. The van der Waals surface area contributed by atoms with E-state index in [9.17, 15) is 9.59 Å². The van der Waals surface area contributed by atoms with Gasteiger partial charge in [-0.3, -0.25) is 9.59 Å². The molecular formula is C22H28N4O2. The van der Waals surface area contributed by atoms with Crippen molar-refractivity contribution < 1.29 is 4.79 Å². The number of aryl methyl sites for hydroxylation is 1. The van der Waals surface area contributed by atoms with Crippen molar-refractivity contribution in [3.05, 3.63) is 51.9 Å². The van der Waals surface area contributed by atoms with Crippen molar-refractivity contribution in [3.8, 4) is 11.4 Å². The van der Waals surface area contributed by atoms with Crippen molar-refractivity contribution >= 4 is 5.91 Å². The van der Waals surface area contributed by atoms with Crippen LogP contribution in [0.3, 0.4) is 0 Å². The summed E-state index contributed by atoms with van der Waals surface area (Å²) in [7, 11) is 0. The molecule has 1 saturated carbocycles. The smallest absolute Gasteiger partial charge is 0.264 e. The van der Waals surface area contributed by atoms with E-state index in [0.717, 1.165) is 36.7 Å². The molecule has 0 radical (unpaired) electrons. The van der Waals surface area contributed by atoms with Crippen molar-refractivity contribution in [2.24, 2.45) is 5.92 Å². The summed E-state index contributed by atoms with van der Waals surface area (Å²) in [6.07, 6.45) is 7.80. The van der Waals surface area contributed by atoms with Crippen LogP contribution in [0.25, 0.3) is 11.4 Å². The molecule has 2 heterocycles. The minimum atomic E-state index is -0.401. The van der Waals surface area contributed by atoms with Gasteiger partial charge in [-0.05, 0) is 38.6 Å². The second kappa shape index (κ2) is 8.27. The van der Waals surface area contributed by atoms with Crippen LogP contribution in [0.2, 0.25) is 0 Å². The van der Waals surface area contributed by atoms with Crippen molar-refractivity contribution in [3.63, 3.8) is 0 Å². The van der Waals surface area contributed by atoms with Gasteiger partial charge in [-0.15, -0.1) is 0 Å². The van der Waals surface area contributed by atoms with Crippen molar-refractivity contribution in [1.29, 1.82) is 0 Å². The lowest BCUT2D eigenvalue weighted by molar-refractivity contribution is 0.0945. The average molecular weight is 380 g/mol. The van der Waals surface area contributed by atoms with Gasteiger partial charge in [0.25, 0.3) is 11.5 Å². The number of H-pyrrole nitrogens is 1. The SMILES string of the molecule is Cc1ccc(-c2ncc(C(=O)NC[C@H]3CCN(C4CCCC4)C3)c(=O)[nH]2)cc1. The Morgan fingerprint density at radius 1 is 1.21 bits per heavy atom. The number of benzene rings is 1. The summed E-state index contributed by atoms with van der Waals surface area (Å²) in [5.41, 5.74) is 1.64. The van der Waals surface area contributed by atoms with Crippen LogP contribution in [0.4, 0.5) is 0 Å². The zero-order valence-corrected chi connectivity index (χ0v) is 16.4. The predicted octanol–water partition coefficient (Wildman–Crippen LogP) is 2.74. The first-order valence-electron chi connectivity index (χ1n) is 10.3. The fourth-order valence-electron chi connectivity index (χ4n) is 4.38. The molecule has 1 aliphatic carbocycles. The zero-order chi connectivity index (χ0) is 19.5. The summed E-state index contributed by atoms with van der Waals surface area (Å²) >= 11 is 0. The van der Waals surface area contributed by atoms with E-state index in [4.69, 9.17) is 0 Å². The average Bonchev–Trinajstić information content (AvgIpc) is 3.38. The number of hydrogen-bond acceptors (Lipinski definition) is 4. The van der Waals surface area contributed by atoms with E-state index in [0.29, 0.717) is 18.3 Å². The van der Waals surface area contributed by atoms with Gasteiger partial charge in [0.1, 0.15) is 11.4 Å². The maximum absolute atomic E-state index is 12.5. The Bertz CT molecular complexity index is 884. The number of nitrogens with one attached hydrogen (secondary N) is 2. The normalized spacial score (nSPS) is 20.5. The summed E-state index contributed by atoms with van der Waals surface area (Å²) in [4.78, 5) is 34.4. The quantitative estimate of drug-likeness (QED) is 0.836. The molecular weight excluding hydrogens is 352 g/mol. The van der Waals surface area contributed by atoms with Crippen molar-refractivity contribution in [2.45, 2.75) is 45.1 Å². The Hall–Kier alpha value is -2.47. The molecule has 28 heavy (non-hydrogen) atoms. The third-order valence-corrected chi connectivity index (χ3v) is 6.08. The third kappa shape index (κ3) is 4.17. The van der Waals surface area contributed by atoms with E-state index >= 15 is 0 Å². The van der Waals surface area contributed by atoms with Gasteiger partial charge in [-0.2, -0.15) is 0 Å². The molecule has 6 heteroatoms. The number of aromatic amines is 1. The zero-order valence-electron chi connectivity index (χ0n) is 16.4. The van der Waals surface area contributed by atoms with Crippen LogP contribution in [0, 0.1) is 12.8 Å². The van der Waals surface area contributed by atoms with Gasteiger partial charge in [0.2, 0.25) is 0 Å².